The number of rotatable bonds is 5. The number of benzene rings is 1. The van der Waals surface area contributed by atoms with Gasteiger partial charge in [-0.1, -0.05) is 59.7 Å². The molecule has 0 radical (unpaired) electrons. The van der Waals surface area contributed by atoms with Crippen molar-refractivity contribution in [2.24, 2.45) is 0 Å². The zero-order valence-corrected chi connectivity index (χ0v) is 14.1. The molecule has 0 aromatic heterocycles. The smallest absolute Gasteiger partial charge is 0.106 e. The Labute approximate surface area is 125 Å². The van der Waals surface area contributed by atoms with Crippen LogP contribution >= 0.6 is 0 Å². The molecule has 1 rings (SSSR count). The number of aliphatic hydroxyl groups excluding tert-OH is 1. The van der Waals surface area contributed by atoms with E-state index in [0.717, 1.165) is 19.3 Å². The van der Waals surface area contributed by atoms with Crippen LogP contribution in [0, 0.1) is 0 Å². The van der Waals surface area contributed by atoms with Gasteiger partial charge in [-0.2, -0.15) is 0 Å². The molecule has 0 amide bonds. The van der Waals surface area contributed by atoms with Gasteiger partial charge in [0.05, 0.1) is 6.10 Å². The molecule has 1 aromatic rings. The summed E-state index contributed by atoms with van der Waals surface area (Å²) in [7, 11) is 0. The molecular weight excluding hydrogens is 248 g/mol. The zero-order valence-electron chi connectivity index (χ0n) is 14.1. The van der Waals surface area contributed by atoms with Crippen molar-refractivity contribution < 1.29 is 9.90 Å². The highest BCUT2D eigenvalue weighted by atomic mass is 16.3. The van der Waals surface area contributed by atoms with Gasteiger partial charge in [0.15, 0.2) is 0 Å². The lowest BCUT2D eigenvalue weighted by Crippen LogP contribution is -2.13. The van der Waals surface area contributed by atoms with E-state index in [1.165, 1.54) is 16.7 Å². The molecule has 0 heterocycles. The summed E-state index contributed by atoms with van der Waals surface area (Å²) in [4.78, 5) is 8.00. The second-order valence-corrected chi connectivity index (χ2v) is 4.76. The first-order chi connectivity index (χ1) is 9.60. The maximum Gasteiger partial charge on any atom is 0.106 e. The lowest BCUT2D eigenvalue weighted by atomic mass is 9.89. The molecule has 0 aliphatic carbocycles. The summed E-state index contributed by atoms with van der Waals surface area (Å²) in [6.45, 7) is 14.7. The van der Waals surface area contributed by atoms with E-state index in [2.05, 4.69) is 39.0 Å². The minimum atomic E-state index is -0.204. The molecule has 0 aliphatic rings. The summed E-state index contributed by atoms with van der Waals surface area (Å²) in [5.41, 5.74) is 4.15. The fourth-order valence-corrected chi connectivity index (χ4v) is 2.16. The number of carbonyl (C=O) groups excluding carboxylic acids is 1. The van der Waals surface area contributed by atoms with Gasteiger partial charge in [0.1, 0.15) is 6.79 Å². The Hall–Kier alpha value is -1.15. The summed E-state index contributed by atoms with van der Waals surface area (Å²) in [5, 5.41) is 9.84. The molecular formula is C18H32O2. The summed E-state index contributed by atoms with van der Waals surface area (Å²) < 4.78 is 0. The van der Waals surface area contributed by atoms with E-state index in [9.17, 15) is 5.11 Å². The van der Waals surface area contributed by atoms with Crippen molar-refractivity contribution in [3.8, 4) is 0 Å². The second kappa shape index (κ2) is 12.9. The number of carbonyl (C=O) groups is 1. The molecule has 0 fully saturated rings. The third-order valence-corrected chi connectivity index (χ3v) is 3.22. The van der Waals surface area contributed by atoms with Crippen LogP contribution in [0.3, 0.4) is 0 Å². The molecule has 0 saturated carbocycles. The zero-order chi connectivity index (χ0) is 16.1. The van der Waals surface area contributed by atoms with Gasteiger partial charge in [-0.25, -0.2) is 0 Å². The van der Waals surface area contributed by atoms with Crippen molar-refractivity contribution in [1.29, 1.82) is 0 Å². The predicted molar refractivity (Wildman–Crippen MR) is 88.4 cm³/mol. The van der Waals surface area contributed by atoms with Gasteiger partial charge in [-0.15, -0.1) is 0 Å². The van der Waals surface area contributed by atoms with Crippen molar-refractivity contribution >= 4 is 6.79 Å². The Morgan fingerprint density at radius 1 is 1.15 bits per heavy atom. The molecule has 20 heavy (non-hydrogen) atoms. The van der Waals surface area contributed by atoms with Crippen LogP contribution in [0.25, 0.3) is 0 Å². The second-order valence-electron chi connectivity index (χ2n) is 4.76. The summed E-state index contributed by atoms with van der Waals surface area (Å²) in [6, 6.07) is 6.52. The molecule has 0 bridgehead atoms. The maximum atomic E-state index is 9.84. The molecule has 1 N–H and O–H groups in total. The van der Waals surface area contributed by atoms with Gasteiger partial charge in [-0.05, 0) is 41.9 Å². The van der Waals surface area contributed by atoms with Gasteiger partial charge < -0.3 is 9.90 Å². The first-order valence-electron chi connectivity index (χ1n) is 7.67. The first-order valence-corrected chi connectivity index (χ1v) is 7.67. The minimum Gasteiger partial charge on any atom is -0.393 e. The molecule has 0 aliphatic heterocycles. The summed E-state index contributed by atoms with van der Waals surface area (Å²) in [6.07, 6.45) is 2.47. The van der Waals surface area contributed by atoms with E-state index in [0.29, 0.717) is 5.92 Å². The van der Waals surface area contributed by atoms with Gasteiger partial charge >= 0.3 is 0 Å². The lowest BCUT2D eigenvalue weighted by Gasteiger charge is -2.18. The number of aryl methyl sites for hydroxylation is 1. The van der Waals surface area contributed by atoms with E-state index >= 15 is 0 Å². The monoisotopic (exact) mass is 280 g/mol. The fourth-order valence-electron chi connectivity index (χ4n) is 2.16. The summed E-state index contributed by atoms with van der Waals surface area (Å²) >= 11 is 0. The maximum absolute atomic E-state index is 9.84. The third kappa shape index (κ3) is 6.85. The van der Waals surface area contributed by atoms with Crippen LogP contribution in [-0.4, -0.2) is 18.0 Å². The highest BCUT2D eigenvalue weighted by Gasteiger charge is 2.13. The number of hydrogen-bond donors (Lipinski definition) is 1. The highest BCUT2D eigenvalue weighted by Crippen LogP contribution is 2.25. The molecule has 1 unspecified atom stereocenters. The largest absolute Gasteiger partial charge is 0.393 e. The fraction of sp³-hybridized carbons (Fsp3) is 0.611. The number of hydrogen-bond acceptors (Lipinski definition) is 2. The van der Waals surface area contributed by atoms with Gasteiger partial charge in [0.2, 0.25) is 0 Å². The van der Waals surface area contributed by atoms with E-state index < -0.39 is 0 Å². The first kappa shape index (κ1) is 21.2. The van der Waals surface area contributed by atoms with Crippen LogP contribution in [0.1, 0.15) is 70.6 Å². The average Bonchev–Trinajstić information content (AvgIpc) is 2.51. The molecule has 0 saturated heterocycles. The van der Waals surface area contributed by atoms with Crippen LogP contribution in [0.4, 0.5) is 0 Å². The topological polar surface area (TPSA) is 37.3 Å². The van der Waals surface area contributed by atoms with E-state index in [1.54, 1.807) is 0 Å². The van der Waals surface area contributed by atoms with E-state index in [4.69, 9.17) is 4.79 Å². The highest BCUT2D eigenvalue weighted by molar-refractivity contribution is 5.37. The Bertz CT molecular complexity index is 345. The molecule has 1 atom stereocenters. The molecule has 116 valence electrons. The number of aliphatic hydroxyl groups is 1. The van der Waals surface area contributed by atoms with Crippen LogP contribution < -0.4 is 0 Å². The van der Waals surface area contributed by atoms with E-state index in [1.807, 2.05) is 27.6 Å². The Balaban J connectivity index is 0. The van der Waals surface area contributed by atoms with Crippen molar-refractivity contribution in [3.05, 3.63) is 34.9 Å². The SMILES string of the molecule is C=O.CC.CCc1cccc(C(C)C)c1CC(O)CC. The Morgan fingerprint density at radius 3 is 2.10 bits per heavy atom. The average molecular weight is 280 g/mol. The Morgan fingerprint density at radius 2 is 1.70 bits per heavy atom. The van der Waals surface area contributed by atoms with Crippen molar-refractivity contribution in [2.45, 2.75) is 72.8 Å². The summed E-state index contributed by atoms with van der Waals surface area (Å²) in [5.74, 6) is 0.533. The third-order valence-electron chi connectivity index (χ3n) is 3.22. The van der Waals surface area contributed by atoms with Crippen LogP contribution in [-0.2, 0) is 17.6 Å². The van der Waals surface area contributed by atoms with Gasteiger partial charge in [0.25, 0.3) is 0 Å². The van der Waals surface area contributed by atoms with Crippen LogP contribution in [0.2, 0.25) is 0 Å². The molecule has 0 spiro atoms. The van der Waals surface area contributed by atoms with Crippen LogP contribution in [0.15, 0.2) is 18.2 Å². The van der Waals surface area contributed by atoms with Gasteiger partial charge in [0, 0.05) is 0 Å². The van der Waals surface area contributed by atoms with Gasteiger partial charge in [-0.3, -0.25) is 0 Å². The molecule has 1 aromatic carbocycles. The molecule has 2 nitrogen and oxygen atoms in total. The van der Waals surface area contributed by atoms with Crippen molar-refractivity contribution in [1.82, 2.24) is 0 Å². The van der Waals surface area contributed by atoms with Crippen molar-refractivity contribution in [2.75, 3.05) is 0 Å². The Kier molecular flexibility index (Phi) is 13.6. The lowest BCUT2D eigenvalue weighted by molar-refractivity contribution is -0.0979. The quantitative estimate of drug-likeness (QED) is 0.860. The standard InChI is InChI=1S/C15H24O.C2H6.CH2O/c1-5-12-8-7-9-14(11(3)4)15(12)10-13(16)6-2;2*1-2/h7-9,11,13,16H,5-6,10H2,1-4H3;1-2H3;1H2. The molecule has 2 heteroatoms. The predicted octanol–water partition coefficient (Wildman–Crippen LogP) is 4.53. The normalized spacial score (nSPS) is 11.0. The van der Waals surface area contributed by atoms with Crippen LogP contribution in [0.5, 0.6) is 0 Å². The minimum absolute atomic E-state index is 0.204. The van der Waals surface area contributed by atoms with E-state index in [-0.39, 0.29) is 6.10 Å². The van der Waals surface area contributed by atoms with Crippen molar-refractivity contribution in [3.63, 3.8) is 0 Å².